The van der Waals surface area contributed by atoms with Crippen molar-refractivity contribution < 1.29 is 10.2 Å². The van der Waals surface area contributed by atoms with Crippen LogP contribution in [0.25, 0.3) is 0 Å². The summed E-state index contributed by atoms with van der Waals surface area (Å²) >= 11 is 0. The number of rotatable bonds is 2. The summed E-state index contributed by atoms with van der Waals surface area (Å²) in [5, 5.41) is 21.5. The molecule has 4 saturated carbocycles. The lowest BCUT2D eigenvalue weighted by Gasteiger charge is -2.69. The van der Waals surface area contributed by atoms with Crippen LogP contribution in [0.5, 0.6) is 0 Å². The lowest BCUT2D eigenvalue weighted by atomic mass is 9.35. The number of hydrogen-bond donors (Lipinski definition) is 2. The van der Waals surface area contributed by atoms with E-state index in [1.54, 1.807) is 5.57 Å². The molecule has 0 aromatic heterocycles. The van der Waals surface area contributed by atoms with Crippen LogP contribution >= 0.6 is 0 Å². The van der Waals surface area contributed by atoms with Gasteiger partial charge in [0.2, 0.25) is 0 Å². The van der Waals surface area contributed by atoms with Crippen molar-refractivity contribution in [3.8, 4) is 0 Å². The molecule has 2 N–H and O–H groups in total. The van der Waals surface area contributed by atoms with E-state index in [9.17, 15) is 10.2 Å². The number of hydrogen-bond acceptors (Lipinski definition) is 2. The quantitative estimate of drug-likeness (QED) is 0.458. The van der Waals surface area contributed by atoms with Gasteiger partial charge in [-0.05, 0) is 115 Å². The fourth-order valence-corrected chi connectivity index (χ4v) is 10.8. The van der Waals surface area contributed by atoms with Gasteiger partial charge in [-0.1, -0.05) is 58.4 Å². The fraction of sp³-hybridized carbons (Fsp3) is 0.867. The predicted octanol–water partition coefficient (Wildman–Crippen LogP) is 6.92. The van der Waals surface area contributed by atoms with Crippen LogP contribution in [0.4, 0.5) is 0 Å². The van der Waals surface area contributed by atoms with Crippen LogP contribution in [-0.4, -0.2) is 22.9 Å². The van der Waals surface area contributed by atoms with Crippen molar-refractivity contribution in [2.24, 2.45) is 50.7 Å². The molecule has 9 atom stereocenters. The summed E-state index contributed by atoms with van der Waals surface area (Å²) in [7, 11) is 0. The molecule has 2 nitrogen and oxygen atoms in total. The molecule has 0 radical (unpaired) electrons. The maximum atomic E-state index is 10.9. The molecule has 32 heavy (non-hydrogen) atoms. The van der Waals surface area contributed by atoms with Crippen molar-refractivity contribution >= 4 is 0 Å². The van der Waals surface area contributed by atoms with Crippen LogP contribution in [0.15, 0.2) is 23.8 Å². The molecule has 0 amide bonds. The molecule has 0 aliphatic heterocycles. The molecule has 0 saturated heterocycles. The van der Waals surface area contributed by atoms with Crippen molar-refractivity contribution in [2.45, 2.75) is 105 Å². The van der Waals surface area contributed by atoms with Crippen LogP contribution in [0, 0.1) is 50.7 Å². The highest BCUT2D eigenvalue weighted by atomic mass is 16.3. The normalized spacial score (nSPS) is 54.0. The zero-order valence-electron chi connectivity index (χ0n) is 21.6. The zero-order valence-corrected chi connectivity index (χ0v) is 21.6. The van der Waals surface area contributed by atoms with Crippen molar-refractivity contribution in [3.05, 3.63) is 23.8 Å². The van der Waals surface area contributed by atoms with Crippen LogP contribution in [-0.2, 0) is 0 Å². The molecule has 0 aromatic rings. The number of aliphatic hydroxyl groups excluding tert-OH is 2. The van der Waals surface area contributed by atoms with E-state index in [0.717, 1.165) is 12.8 Å². The Morgan fingerprint density at radius 2 is 1.72 bits per heavy atom. The van der Waals surface area contributed by atoms with Crippen LogP contribution in [0.1, 0.15) is 99.3 Å². The first-order chi connectivity index (χ1) is 14.9. The second-order valence-electron chi connectivity index (χ2n) is 14.1. The highest BCUT2D eigenvalue weighted by Gasteiger charge is 2.68. The molecule has 180 valence electrons. The summed E-state index contributed by atoms with van der Waals surface area (Å²) in [5.41, 5.74) is 3.90. The van der Waals surface area contributed by atoms with Gasteiger partial charge in [0, 0.05) is 6.61 Å². The second-order valence-corrected chi connectivity index (χ2v) is 14.1. The third-order valence-electron chi connectivity index (χ3n) is 12.9. The zero-order chi connectivity index (χ0) is 23.3. The summed E-state index contributed by atoms with van der Waals surface area (Å²) in [6.45, 7) is 19.4. The SMILES string of the molecule is C=C(C)[C@@H]1CC[C@]2(CO)CC[C@]3(C)[C@H](CC=C4[C@@]5(C)CC[C@H](O)C(C)(C)[C@H]5CC[C@]43C)[C@@H]12. The molecular formula is C30H48O2. The van der Waals surface area contributed by atoms with Gasteiger partial charge in [-0.3, -0.25) is 0 Å². The summed E-state index contributed by atoms with van der Waals surface area (Å²) in [6, 6.07) is 0. The van der Waals surface area contributed by atoms with E-state index in [1.807, 2.05) is 0 Å². The number of fused-ring (bicyclic) bond motifs is 7. The highest BCUT2D eigenvalue weighted by molar-refractivity contribution is 5.36. The Morgan fingerprint density at radius 1 is 1.00 bits per heavy atom. The minimum Gasteiger partial charge on any atom is -0.396 e. The monoisotopic (exact) mass is 440 g/mol. The van der Waals surface area contributed by atoms with Gasteiger partial charge in [0.15, 0.2) is 0 Å². The van der Waals surface area contributed by atoms with Crippen molar-refractivity contribution in [2.75, 3.05) is 6.61 Å². The van der Waals surface area contributed by atoms with Gasteiger partial charge >= 0.3 is 0 Å². The Morgan fingerprint density at radius 3 is 2.38 bits per heavy atom. The maximum absolute atomic E-state index is 10.9. The number of allylic oxidation sites excluding steroid dienone is 3. The molecule has 2 heteroatoms. The third-order valence-corrected chi connectivity index (χ3v) is 12.9. The molecule has 0 spiro atoms. The average Bonchev–Trinajstić information content (AvgIpc) is 3.12. The summed E-state index contributed by atoms with van der Waals surface area (Å²) < 4.78 is 0. The van der Waals surface area contributed by atoms with Gasteiger partial charge in [0.1, 0.15) is 0 Å². The van der Waals surface area contributed by atoms with E-state index in [-0.39, 0.29) is 33.2 Å². The fourth-order valence-electron chi connectivity index (χ4n) is 10.8. The van der Waals surface area contributed by atoms with Crippen LogP contribution < -0.4 is 0 Å². The van der Waals surface area contributed by atoms with Gasteiger partial charge in [-0.2, -0.15) is 0 Å². The van der Waals surface area contributed by atoms with Gasteiger partial charge in [-0.15, -0.1) is 0 Å². The molecule has 0 aromatic carbocycles. The smallest absolute Gasteiger partial charge is 0.0594 e. The lowest BCUT2D eigenvalue weighted by molar-refractivity contribution is -0.163. The molecule has 0 heterocycles. The van der Waals surface area contributed by atoms with Gasteiger partial charge in [0.05, 0.1) is 6.10 Å². The molecule has 5 aliphatic rings. The predicted molar refractivity (Wildman–Crippen MR) is 132 cm³/mol. The lowest BCUT2D eigenvalue weighted by Crippen LogP contribution is -2.63. The maximum Gasteiger partial charge on any atom is 0.0594 e. The van der Waals surface area contributed by atoms with E-state index in [2.05, 4.69) is 54.2 Å². The van der Waals surface area contributed by atoms with Crippen molar-refractivity contribution in [1.29, 1.82) is 0 Å². The van der Waals surface area contributed by atoms with E-state index < -0.39 is 0 Å². The molecule has 5 aliphatic carbocycles. The highest BCUT2D eigenvalue weighted by Crippen LogP contribution is 2.76. The van der Waals surface area contributed by atoms with E-state index in [1.165, 1.54) is 50.5 Å². The molecule has 5 rings (SSSR count). The minimum absolute atomic E-state index is 0.0119. The molecule has 0 unspecified atom stereocenters. The van der Waals surface area contributed by atoms with E-state index in [4.69, 9.17) is 0 Å². The largest absolute Gasteiger partial charge is 0.396 e. The summed E-state index contributed by atoms with van der Waals surface area (Å²) in [4.78, 5) is 0. The molecule has 0 bridgehead atoms. The van der Waals surface area contributed by atoms with Gasteiger partial charge < -0.3 is 10.2 Å². The van der Waals surface area contributed by atoms with Crippen molar-refractivity contribution in [3.63, 3.8) is 0 Å². The Kier molecular flexibility index (Phi) is 5.04. The Hall–Kier alpha value is -0.600. The van der Waals surface area contributed by atoms with Crippen LogP contribution in [0.3, 0.4) is 0 Å². The van der Waals surface area contributed by atoms with Crippen LogP contribution in [0.2, 0.25) is 0 Å². The standard InChI is InChI=1S/C30H48O2/c1-19(2)20-10-15-30(18-31)17-16-28(6)21(25(20)30)8-9-23-27(5)13-12-24(32)26(3,4)22(27)11-14-29(23,28)7/h9,20-22,24-25,31-32H,1,8,10-18H2,2-7H3/t20-,21+,22+,24-,25+,27-,28+,29+,30+/m0/s1. The van der Waals surface area contributed by atoms with Crippen molar-refractivity contribution in [1.82, 2.24) is 0 Å². The molecule has 4 fully saturated rings. The van der Waals surface area contributed by atoms with Gasteiger partial charge in [0.25, 0.3) is 0 Å². The topological polar surface area (TPSA) is 40.5 Å². The number of aliphatic hydroxyl groups is 2. The average molecular weight is 441 g/mol. The Bertz CT molecular complexity index is 840. The summed E-state index contributed by atoms with van der Waals surface area (Å²) in [5.74, 6) is 2.35. The van der Waals surface area contributed by atoms with E-state index in [0.29, 0.717) is 30.3 Å². The van der Waals surface area contributed by atoms with E-state index >= 15 is 0 Å². The minimum atomic E-state index is -0.174. The summed E-state index contributed by atoms with van der Waals surface area (Å²) in [6.07, 6.45) is 13.0. The first kappa shape index (κ1) is 23.2. The first-order valence-corrected chi connectivity index (χ1v) is 13.5. The first-order valence-electron chi connectivity index (χ1n) is 13.5. The Balaban J connectivity index is 1.60. The third kappa shape index (κ3) is 2.61. The Labute approximate surface area is 197 Å². The second kappa shape index (κ2) is 6.97. The van der Waals surface area contributed by atoms with Gasteiger partial charge in [-0.25, -0.2) is 0 Å². The molecular weight excluding hydrogens is 392 g/mol.